The minimum atomic E-state index is -0.515. The number of aryl methyl sites for hydroxylation is 1. The van der Waals surface area contributed by atoms with E-state index in [1.54, 1.807) is 7.11 Å². The normalized spacial score (nSPS) is 12.4. The fraction of sp³-hybridized carbons (Fsp3) is 0.333. The number of ether oxygens (including phenoxy) is 1. The molecule has 0 fully saturated rings. The fourth-order valence-corrected chi connectivity index (χ4v) is 3.02. The van der Waals surface area contributed by atoms with Crippen molar-refractivity contribution < 1.29 is 9.84 Å². The van der Waals surface area contributed by atoms with Gasteiger partial charge in [-0.15, -0.1) is 6.58 Å². The first kappa shape index (κ1) is 14.6. The molecule has 0 bridgehead atoms. The van der Waals surface area contributed by atoms with Gasteiger partial charge in [0, 0.05) is 10.9 Å². The number of fused-ring (bicyclic) bond motifs is 1. The first-order valence-electron chi connectivity index (χ1n) is 7.04. The summed E-state index contributed by atoms with van der Waals surface area (Å²) in [4.78, 5) is 0. The van der Waals surface area contributed by atoms with Crippen LogP contribution in [0.2, 0.25) is 0 Å². The second kappa shape index (κ2) is 6.10. The van der Waals surface area contributed by atoms with Crippen LogP contribution < -0.4 is 4.74 Å². The Morgan fingerprint density at radius 2 is 1.90 bits per heavy atom. The predicted molar refractivity (Wildman–Crippen MR) is 84.4 cm³/mol. The van der Waals surface area contributed by atoms with Crippen molar-refractivity contribution in [3.8, 4) is 5.75 Å². The number of methoxy groups -OCH3 is 1. The van der Waals surface area contributed by atoms with Crippen molar-refractivity contribution in [2.75, 3.05) is 7.11 Å². The SMILES string of the molecule is C=CCc1c(C(C)O)c(CC)c2ccccc2c1OC. The summed E-state index contributed by atoms with van der Waals surface area (Å²) in [5.74, 6) is 0.855. The quantitative estimate of drug-likeness (QED) is 0.825. The number of hydrogen-bond donors (Lipinski definition) is 1. The van der Waals surface area contributed by atoms with Crippen LogP contribution >= 0.6 is 0 Å². The van der Waals surface area contributed by atoms with Gasteiger partial charge in [-0.25, -0.2) is 0 Å². The first-order chi connectivity index (χ1) is 9.65. The van der Waals surface area contributed by atoms with E-state index in [2.05, 4.69) is 25.6 Å². The Labute approximate surface area is 120 Å². The summed E-state index contributed by atoms with van der Waals surface area (Å²) in [6, 6.07) is 8.22. The number of aliphatic hydroxyl groups is 1. The Hall–Kier alpha value is -1.80. The van der Waals surface area contributed by atoms with Crippen LogP contribution in [-0.4, -0.2) is 12.2 Å². The van der Waals surface area contributed by atoms with Crippen molar-refractivity contribution in [3.63, 3.8) is 0 Å². The topological polar surface area (TPSA) is 29.5 Å². The van der Waals surface area contributed by atoms with Gasteiger partial charge >= 0.3 is 0 Å². The summed E-state index contributed by atoms with van der Waals surface area (Å²) in [5.41, 5.74) is 3.24. The lowest BCUT2D eigenvalue weighted by Crippen LogP contribution is -2.07. The maximum absolute atomic E-state index is 10.2. The van der Waals surface area contributed by atoms with Gasteiger partial charge in [0.2, 0.25) is 0 Å². The van der Waals surface area contributed by atoms with Crippen LogP contribution in [0.25, 0.3) is 10.8 Å². The van der Waals surface area contributed by atoms with Crippen molar-refractivity contribution in [1.29, 1.82) is 0 Å². The molecule has 0 amide bonds. The third-order valence-corrected chi connectivity index (χ3v) is 3.75. The van der Waals surface area contributed by atoms with E-state index in [0.717, 1.165) is 34.1 Å². The van der Waals surface area contributed by atoms with Gasteiger partial charge in [0.25, 0.3) is 0 Å². The molecule has 0 aliphatic carbocycles. The van der Waals surface area contributed by atoms with Crippen molar-refractivity contribution in [3.05, 3.63) is 53.6 Å². The zero-order chi connectivity index (χ0) is 14.7. The molecule has 1 N–H and O–H groups in total. The minimum Gasteiger partial charge on any atom is -0.496 e. The molecule has 0 aromatic heterocycles. The van der Waals surface area contributed by atoms with Gasteiger partial charge in [0.15, 0.2) is 0 Å². The zero-order valence-electron chi connectivity index (χ0n) is 12.4. The molecule has 0 saturated heterocycles. The van der Waals surface area contributed by atoms with Gasteiger partial charge in [0.1, 0.15) is 5.75 Å². The summed E-state index contributed by atoms with van der Waals surface area (Å²) >= 11 is 0. The molecular weight excluding hydrogens is 248 g/mol. The highest BCUT2D eigenvalue weighted by atomic mass is 16.5. The van der Waals surface area contributed by atoms with Crippen molar-refractivity contribution >= 4 is 10.8 Å². The first-order valence-corrected chi connectivity index (χ1v) is 7.04. The summed E-state index contributed by atoms with van der Waals surface area (Å²) in [7, 11) is 1.69. The third-order valence-electron chi connectivity index (χ3n) is 3.75. The van der Waals surface area contributed by atoms with Crippen molar-refractivity contribution in [2.24, 2.45) is 0 Å². The Kier molecular flexibility index (Phi) is 4.46. The van der Waals surface area contributed by atoms with Gasteiger partial charge < -0.3 is 9.84 Å². The van der Waals surface area contributed by atoms with Gasteiger partial charge in [-0.3, -0.25) is 0 Å². The largest absolute Gasteiger partial charge is 0.496 e. The van der Waals surface area contributed by atoms with E-state index in [-0.39, 0.29) is 0 Å². The molecule has 2 heteroatoms. The van der Waals surface area contributed by atoms with Crippen LogP contribution in [0.1, 0.15) is 36.6 Å². The van der Waals surface area contributed by atoms with Gasteiger partial charge in [-0.2, -0.15) is 0 Å². The van der Waals surface area contributed by atoms with Crippen LogP contribution in [0, 0.1) is 0 Å². The average Bonchev–Trinajstić information content (AvgIpc) is 2.45. The minimum absolute atomic E-state index is 0.515. The van der Waals surface area contributed by atoms with Gasteiger partial charge in [0.05, 0.1) is 13.2 Å². The van der Waals surface area contributed by atoms with E-state index in [1.165, 1.54) is 5.56 Å². The van der Waals surface area contributed by atoms with E-state index in [4.69, 9.17) is 4.74 Å². The van der Waals surface area contributed by atoms with Crippen LogP contribution in [-0.2, 0) is 12.8 Å². The lowest BCUT2D eigenvalue weighted by Gasteiger charge is -2.22. The fourth-order valence-electron chi connectivity index (χ4n) is 3.02. The molecule has 0 heterocycles. The molecule has 1 unspecified atom stereocenters. The molecule has 2 nitrogen and oxygen atoms in total. The van der Waals surface area contributed by atoms with E-state index in [1.807, 2.05) is 25.1 Å². The number of hydrogen-bond acceptors (Lipinski definition) is 2. The summed E-state index contributed by atoms with van der Waals surface area (Å²) in [6.45, 7) is 7.77. The number of benzene rings is 2. The highest BCUT2D eigenvalue weighted by Gasteiger charge is 2.20. The van der Waals surface area contributed by atoms with Crippen LogP contribution in [0.3, 0.4) is 0 Å². The Morgan fingerprint density at radius 3 is 2.40 bits per heavy atom. The summed E-state index contributed by atoms with van der Waals surface area (Å²) in [6.07, 6.45) is 2.92. The maximum atomic E-state index is 10.2. The lowest BCUT2D eigenvalue weighted by molar-refractivity contribution is 0.197. The third kappa shape index (κ3) is 2.32. The van der Waals surface area contributed by atoms with Gasteiger partial charge in [-0.05, 0) is 36.3 Å². The smallest absolute Gasteiger partial charge is 0.130 e. The van der Waals surface area contributed by atoms with Crippen LogP contribution in [0.5, 0.6) is 5.75 Å². The molecule has 0 radical (unpaired) electrons. The van der Waals surface area contributed by atoms with Crippen molar-refractivity contribution in [2.45, 2.75) is 32.8 Å². The molecular formula is C18H22O2. The Balaban J connectivity index is 2.96. The summed E-state index contributed by atoms with van der Waals surface area (Å²) < 4.78 is 5.64. The predicted octanol–water partition coefficient (Wildman–Crippen LogP) is 4.19. The maximum Gasteiger partial charge on any atom is 0.130 e. The van der Waals surface area contributed by atoms with E-state index < -0.39 is 6.10 Å². The van der Waals surface area contributed by atoms with Gasteiger partial charge in [-0.1, -0.05) is 37.3 Å². The highest BCUT2D eigenvalue weighted by Crippen LogP contribution is 2.39. The summed E-state index contributed by atoms with van der Waals surface area (Å²) in [5, 5.41) is 12.5. The molecule has 2 aromatic rings. The molecule has 2 rings (SSSR count). The van der Waals surface area contributed by atoms with Crippen LogP contribution in [0.15, 0.2) is 36.9 Å². The number of allylic oxidation sites excluding steroid dienone is 1. The van der Waals surface area contributed by atoms with E-state index in [9.17, 15) is 5.11 Å². The molecule has 0 saturated carbocycles. The monoisotopic (exact) mass is 270 g/mol. The molecule has 2 aromatic carbocycles. The molecule has 0 spiro atoms. The Bertz CT molecular complexity index is 627. The Morgan fingerprint density at radius 1 is 1.25 bits per heavy atom. The standard InChI is InChI=1S/C18H22O2/c1-5-9-16-17(12(3)19)13(6-2)14-10-7-8-11-15(14)18(16)20-4/h5,7-8,10-12,19H,1,6,9H2,2-4H3. The van der Waals surface area contributed by atoms with Crippen molar-refractivity contribution in [1.82, 2.24) is 0 Å². The molecule has 1 atom stereocenters. The van der Waals surface area contributed by atoms with E-state index >= 15 is 0 Å². The van der Waals surface area contributed by atoms with E-state index in [0.29, 0.717) is 6.42 Å². The second-order valence-electron chi connectivity index (χ2n) is 4.97. The average molecular weight is 270 g/mol. The lowest BCUT2D eigenvalue weighted by atomic mass is 9.87. The second-order valence-corrected chi connectivity index (χ2v) is 4.97. The number of aliphatic hydroxyl groups excluding tert-OH is 1. The number of rotatable bonds is 5. The highest BCUT2D eigenvalue weighted by molar-refractivity contribution is 5.94. The molecule has 20 heavy (non-hydrogen) atoms. The zero-order valence-corrected chi connectivity index (χ0v) is 12.4. The molecule has 0 aliphatic heterocycles. The molecule has 0 aliphatic rings. The molecule has 106 valence electrons. The van der Waals surface area contributed by atoms with Crippen LogP contribution in [0.4, 0.5) is 0 Å².